The van der Waals surface area contributed by atoms with Gasteiger partial charge in [-0.05, 0) is 17.7 Å². The highest BCUT2D eigenvalue weighted by atomic mass is 35.5. The Morgan fingerprint density at radius 2 is 1.91 bits per heavy atom. The van der Waals surface area contributed by atoms with Crippen molar-refractivity contribution in [2.24, 2.45) is 0 Å². The van der Waals surface area contributed by atoms with Crippen molar-refractivity contribution in [3.05, 3.63) is 65.2 Å². The monoisotopic (exact) mass is 338 g/mol. The minimum absolute atomic E-state index is 0.0355. The van der Waals surface area contributed by atoms with Gasteiger partial charge in [-0.15, -0.1) is 0 Å². The van der Waals surface area contributed by atoms with Gasteiger partial charge in [0.05, 0.1) is 9.85 Å². The third-order valence-corrected chi connectivity index (χ3v) is 3.00. The lowest BCUT2D eigenvalue weighted by Crippen LogP contribution is -2.14. The van der Waals surface area contributed by atoms with Gasteiger partial charge in [0, 0.05) is 6.07 Å². The van der Waals surface area contributed by atoms with E-state index in [4.69, 9.17) is 11.6 Å². The van der Waals surface area contributed by atoms with Gasteiger partial charge in [0.1, 0.15) is 10.8 Å². The molecule has 1 aromatic carbocycles. The number of aromatic hydroxyl groups is 1. The average Bonchev–Trinajstić information content (AvgIpc) is 2.45. The van der Waals surface area contributed by atoms with Crippen LogP contribution in [0, 0.1) is 20.2 Å². The second-order valence-corrected chi connectivity index (χ2v) is 4.59. The molecule has 23 heavy (non-hydrogen) atoms. The Kier molecular flexibility index (Phi) is 4.37. The minimum Gasteiger partial charge on any atom is -0.488 e. The van der Waals surface area contributed by atoms with Crippen LogP contribution >= 0.6 is 11.6 Å². The van der Waals surface area contributed by atoms with Crippen LogP contribution in [0.15, 0.2) is 23.0 Å². The van der Waals surface area contributed by atoms with Crippen molar-refractivity contribution < 1.29 is 15.0 Å². The number of nitro benzene ring substituents is 1. The summed E-state index contributed by atoms with van der Waals surface area (Å²) in [5.41, 5.74) is -2.11. The molecule has 1 heterocycles. The van der Waals surface area contributed by atoms with E-state index >= 15 is 0 Å². The van der Waals surface area contributed by atoms with Gasteiger partial charge in [-0.1, -0.05) is 23.7 Å². The summed E-state index contributed by atoms with van der Waals surface area (Å²) in [7, 11) is 0. The van der Waals surface area contributed by atoms with E-state index in [1.807, 2.05) is 0 Å². The van der Waals surface area contributed by atoms with Crippen molar-refractivity contribution in [2.75, 3.05) is 0 Å². The highest BCUT2D eigenvalue weighted by Gasteiger charge is 2.21. The number of benzene rings is 1. The predicted molar refractivity (Wildman–Crippen MR) is 80.2 cm³/mol. The molecule has 0 aliphatic carbocycles. The van der Waals surface area contributed by atoms with Gasteiger partial charge in [0.25, 0.3) is 11.6 Å². The second kappa shape index (κ2) is 6.23. The standard InChI is InChI=1S/C12H7ClN4O6/c13-7-3-1-6(5-8(7)16(20)21)2-4-9-14-11(18)10(17(22)23)12(19)15-9/h1-5H,(H2,14,15,18,19)/b4-2+. The molecule has 0 saturated heterocycles. The first-order chi connectivity index (χ1) is 10.8. The summed E-state index contributed by atoms with van der Waals surface area (Å²) in [6.07, 6.45) is 2.57. The lowest BCUT2D eigenvalue weighted by molar-refractivity contribution is -0.387. The quantitative estimate of drug-likeness (QED) is 0.639. The van der Waals surface area contributed by atoms with Crippen molar-refractivity contribution >= 4 is 35.1 Å². The Morgan fingerprint density at radius 3 is 2.48 bits per heavy atom. The maximum absolute atomic E-state index is 11.5. The molecule has 11 heteroatoms. The van der Waals surface area contributed by atoms with Crippen LogP contribution in [0.1, 0.15) is 11.4 Å². The fourth-order valence-electron chi connectivity index (χ4n) is 1.66. The molecule has 0 bridgehead atoms. The van der Waals surface area contributed by atoms with Gasteiger partial charge in [0.2, 0.25) is 0 Å². The largest absolute Gasteiger partial charge is 0.488 e. The molecular weight excluding hydrogens is 332 g/mol. The average molecular weight is 339 g/mol. The first-order valence-electron chi connectivity index (χ1n) is 5.89. The number of hydrogen-bond donors (Lipinski definition) is 2. The van der Waals surface area contributed by atoms with Crippen LogP contribution in [0.5, 0.6) is 5.88 Å². The van der Waals surface area contributed by atoms with E-state index in [0.29, 0.717) is 5.56 Å². The van der Waals surface area contributed by atoms with Crippen molar-refractivity contribution in [3.63, 3.8) is 0 Å². The molecule has 0 spiro atoms. The summed E-state index contributed by atoms with van der Waals surface area (Å²) in [6, 6.07) is 4.00. The molecule has 1 aromatic heterocycles. The summed E-state index contributed by atoms with van der Waals surface area (Å²) < 4.78 is 0. The molecule has 0 atom stereocenters. The Hall–Kier alpha value is -3.27. The van der Waals surface area contributed by atoms with Crippen molar-refractivity contribution in [2.45, 2.75) is 0 Å². The fraction of sp³-hybridized carbons (Fsp3) is 0. The van der Waals surface area contributed by atoms with Crippen LogP contribution in [0.25, 0.3) is 12.2 Å². The van der Waals surface area contributed by atoms with E-state index in [-0.39, 0.29) is 16.5 Å². The second-order valence-electron chi connectivity index (χ2n) is 4.18. The molecule has 0 amide bonds. The van der Waals surface area contributed by atoms with Crippen LogP contribution in [-0.2, 0) is 0 Å². The Morgan fingerprint density at radius 1 is 1.22 bits per heavy atom. The molecule has 0 fully saturated rings. The lowest BCUT2D eigenvalue weighted by Gasteiger charge is -1.98. The third kappa shape index (κ3) is 3.49. The molecule has 0 aliphatic heterocycles. The normalized spacial score (nSPS) is 10.8. The summed E-state index contributed by atoms with van der Waals surface area (Å²) in [4.78, 5) is 36.6. The van der Waals surface area contributed by atoms with E-state index < -0.39 is 27.0 Å². The number of nitro groups is 2. The highest BCUT2D eigenvalue weighted by Crippen LogP contribution is 2.26. The molecule has 2 rings (SSSR count). The number of aromatic nitrogens is 2. The zero-order chi connectivity index (χ0) is 17.1. The van der Waals surface area contributed by atoms with Crippen molar-refractivity contribution in [1.29, 1.82) is 0 Å². The number of nitrogens with one attached hydrogen (secondary N) is 1. The van der Waals surface area contributed by atoms with E-state index in [2.05, 4.69) is 9.97 Å². The first kappa shape index (κ1) is 16.1. The zero-order valence-electron chi connectivity index (χ0n) is 11.1. The van der Waals surface area contributed by atoms with Crippen molar-refractivity contribution in [3.8, 4) is 5.88 Å². The number of nitrogens with zero attached hydrogens (tertiary/aromatic N) is 3. The van der Waals surface area contributed by atoms with Crippen LogP contribution in [0.2, 0.25) is 5.02 Å². The van der Waals surface area contributed by atoms with Gasteiger partial charge >= 0.3 is 11.2 Å². The molecule has 0 aliphatic rings. The maximum atomic E-state index is 11.5. The molecule has 0 radical (unpaired) electrons. The lowest BCUT2D eigenvalue weighted by atomic mass is 10.2. The van der Waals surface area contributed by atoms with E-state index in [1.165, 1.54) is 30.4 Å². The Bertz CT molecular complexity index is 892. The summed E-state index contributed by atoms with van der Waals surface area (Å²) >= 11 is 5.67. The summed E-state index contributed by atoms with van der Waals surface area (Å²) in [5, 5.41) is 30.7. The minimum atomic E-state index is -1.12. The Balaban J connectivity index is 2.38. The van der Waals surface area contributed by atoms with E-state index in [9.17, 15) is 30.1 Å². The van der Waals surface area contributed by atoms with Crippen molar-refractivity contribution in [1.82, 2.24) is 9.97 Å². The van der Waals surface area contributed by atoms with E-state index in [1.54, 1.807) is 0 Å². The third-order valence-electron chi connectivity index (χ3n) is 2.68. The molecular formula is C12H7ClN4O6. The van der Waals surface area contributed by atoms with E-state index in [0.717, 1.165) is 0 Å². The maximum Gasteiger partial charge on any atom is 0.395 e. The van der Waals surface area contributed by atoms with Crippen LogP contribution in [-0.4, -0.2) is 24.9 Å². The number of halogens is 1. The first-order valence-corrected chi connectivity index (χ1v) is 6.27. The number of H-pyrrole nitrogens is 1. The molecule has 118 valence electrons. The molecule has 2 aromatic rings. The summed E-state index contributed by atoms with van der Waals surface area (Å²) in [6.45, 7) is 0. The van der Waals surface area contributed by atoms with Gasteiger partial charge in [-0.25, -0.2) is 0 Å². The topological polar surface area (TPSA) is 152 Å². The predicted octanol–water partition coefficient (Wildman–Crippen LogP) is 2.12. The highest BCUT2D eigenvalue weighted by molar-refractivity contribution is 6.32. The molecule has 0 saturated carbocycles. The Labute approximate surface area is 132 Å². The molecule has 0 unspecified atom stereocenters. The van der Waals surface area contributed by atoms with Gasteiger partial charge < -0.3 is 10.1 Å². The smallest absolute Gasteiger partial charge is 0.395 e. The molecule has 10 nitrogen and oxygen atoms in total. The van der Waals surface area contributed by atoms with Gasteiger partial charge in [-0.3, -0.25) is 25.0 Å². The number of rotatable bonds is 4. The van der Waals surface area contributed by atoms with Crippen LogP contribution in [0.4, 0.5) is 11.4 Å². The van der Waals surface area contributed by atoms with Crippen LogP contribution in [0.3, 0.4) is 0 Å². The summed E-state index contributed by atoms with van der Waals surface area (Å²) in [5.74, 6) is -1.18. The number of aromatic amines is 1. The van der Waals surface area contributed by atoms with Gasteiger partial charge in [0.15, 0.2) is 0 Å². The zero-order valence-corrected chi connectivity index (χ0v) is 11.9. The fourth-order valence-corrected chi connectivity index (χ4v) is 1.85. The van der Waals surface area contributed by atoms with Crippen LogP contribution < -0.4 is 5.56 Å². The van der Waals surface area contributed by atoms with Gasteiger partial charge in [-0.2, -0.15) is 4.98 Å². The molecule has 2 N–H and O–H groups in total. The SMILES string of the molecule is O=c1[nH]c(/C=C/c2ccc(Cl)c([N+](=O)[O-])c2)nc(O)c1[N+](=O)[O-]. The number of hydrogen-bond acceptors (Lipinski definition) is 7.